The molecular weight excluding hydrogens is 287 g/mol. The lowest BCUT2D eigenvalue weighted by Gasteiger charge is -2.15. The monoisotopic (exact) mass is 304 g/mol. The predicted octanol–water partition coefficient (Wildman–Crippen LogP) is 3.68. The predicted molar refractivity (Wildman–Crippen MR) is 85.2 cm³/mol. The lowest BCUT2D eigenvalue weighted by molar-refractivity contribution is 0.603. The van der Waals surface area contributed by atoms with E-state index in [4.69, 9.17) is 5.73 Å². The van der Waals surface area contributed by atoms with Crippen molar-refractivity contribution >= 4 is 41.8 Å². The second-order valence-electron chi connectivity index (χ2n) is 3.76. The second-order valence-corrected chi connectivity index (χ2v) is 4.74. The summed E-state index contributed by atoms with van der Waals surface area (Å²) in [6.45, 7) is 0. The van der Waals surface area contributed by atoms with Crippen molar-refractivity contribution in [3.63, 3.8) is 0 Å². The van der Waals surface area contributed by atoms with Crippen molar-refractivity contribution in [2.45, 2.75) is 12.5 Å². The summed E-state index contributed by atoms with van der Waals surface area (Å²) in [5, 5.41) is 5.44. The molecule has 0 fully saturated rings. The standard InChI is InChI=1S/C13H16N2S.2ClH/c1-15-12(13-7-4-8-16-13)9-10-5-2-3-6-11(10)14;;/h2-8,12,15H,9,14H2,1H3;2*1H. The van der Waals surface area contributed by atoms with Crippen LogP contribution >= 0.6 is 36.2 Å². The fourth-order valence-electron chi connectivity index (χ4n) is 1.77. The molecule has 1 aromatic carbocycles. The zero-order valence-corrected chi connectivity index (χ0v) is 12.6. The fraction of sp³-hybridized carbons (Fsp3) is 0.231. The van der Waals surface area contributed by atoms with E-state index in [0.717, 1.165) is 12.1 Å². The summed E-state index contributed by atoms with van der Waals surface area (Å²) >= 11 is 1.78. The van der Waals surface area contributed by atoms with E-state index in [1.165, 1.54) is 10.4 Å². The molecule has 0 amide bonds. The highest BCUT2D eigenvalue weighted by molar-refractivity contribution is 7.10. The summed E-state index contributed by atoms with van der Waals surface area (Å²) < 4.78 is 0. The maximum Gasteiger partial charge on any atom is 0.0454 e. The van der Waals surface area contributed by atoms with E-state index in [2.05, 4.69) is 28.9 Å². The number of nitrogens with one attached hydrogen (secondary N) is 1. The molecule has 0 aliphatic rings. The third kappa shape index (κ3) is 4.18. The Kier molecular flexibility index (Phi) is 8.03. The molecule has 3 N–H and O–H groups in total. The molecule has 0 radical (unpaired) electrons. The number of benzene rings is 1. The Morgan fingerprint density at radius 3 is 2.44 bits per heavy atom. The minimum absolute atomic E-state index is 0. The molecule has 0 aliphatic heterocycles. The highest BCUT2D eigenvalue weighted by atomic mass is 35.5. The molecule has 0 bridgehead atoms. The molecule has 1 aromatic heterocycles. The van der Waals surface area contributed by atoms with Crippen molar-refractivity contribution in [1.29, 1.82) is 0 Å². The molecule has 1 unspecified atom stereocenters. The van der Waals surface area contributed by atoms with Gasteiger partial charge in [-0.05, 0) is 36.5 Å². The van der Waals surface area contributed by atoms with E-state index in [0.29, 0.717) is 6.04 Å². The van der Waals surface area contributed by atoms with Crippen LogP contribution in [-0.2, 0) is 6.42 Å². The number of halogens is 2. The molecule has 0 spiro atoms. The maximum atomic E-state index is 5.95. The molecule has 2 aromatic rings. The van der Waals surface area contributed by atoms with Crippen LogP contribution in [0, 0.1) is 0 Å². The molecule has 1 atom stereocenters. The van der Waals surface area contributed by atoms with E-state index >= 15 is 0 Å². The van der Waals surface area contributed by atoms with Crippen molar-refractivity contribution in [3.05, 3.63) is 52.2 Å². The van der Waals surface area contributed by atoms with Crippen LogP contribution in [0.4, 0.5) is 5.69 Å². The van der Waals surface area contributed by atoms with Crippen molar-refractivity contribution in [1.82, 2.24) is 5.32 Å². The average Bonchev–Trinajstić information content (AvgIpc) is 2.81. The van der Waals surface area contributed by atoms with Gasteiger partial charge < -0.3 is 11.1 Å². The minimum atomic E-state index is 0. The van der Waals surface area contributed by atoms with Crippen LogP contribution in [0.15, 0.2) is 41.8 Å². The zero-order chi connectivity index (χ0) is 11.4. The molecule has 0 aliphatic carbocycles. The Bertz CT molecular complexity index is 446. The van der Waals surface area contributed by atoms with E-state index < -0.39 is 0 Å². The molecular formula is C13H18Cl2N2S. The smallest absolute Gasteiger partial charge is 0.0454 e. The Hall–Kier alpha value is -0.740. The summed E-state index contributed by atoms with van der Waals surface area (Å²) in [6.07, 6.45) is 0.934. The van der Waals surface area contributed by atoms with Crippen LogP contribution < -0.4 is 11.1 Å². The topological polar surface area (TPSA) is 38.0 Å². The van der Waals surface area contributed by atoms with Crippen LogP contribution in [0.25, 0.3) is 0 Å². The van der Waals surface area contributed by atoms with Gasteiger partial charge >= 0.3 is 0 Å². The van der Waals surface area contributed by atoms with Gasteiger partial charge in [-0.1, -0.05) is 24.3 Å². The van der Waals surface area contributed by atoms with E-state index in [1.54, 1.807) is 11.3 Å². The van der Waals surface area contributed by atoms with Crippen molar-refractivity contribution < 1.29 is 0 Å². The van der Waals surface area contributed by atoms with Gasteiger partial charge in [0.25, 0.3) is 0 Å². The molecule has 0 saturated carbocycles. The lowest BCUT2D eigenvalue weighted by Crippen LogP contribution is -2.18. The molecule has 1 heterocycles. The van der Waals surface area contributed by atoms with Gasteiger partial charge in [0.05, 0.1) is 0 Å². The number of hydrogen-bond donors (Lipinski definition) is 2. The number of anilines is 1. The van der Waals surface area contributed by atoms with Crippen LogP contribution in [0.2, 0.25) is 0 Å². The molecule has 5 heteroatoms. The highest BCUT2D eigenvalue weighted by Gasteiger charge is 2.12. The van der Waals surface area contributed by atoms with Gasteiger partial charge in [-0.2, -0.15) is 0 Å². The van der Waals surface area contributed by atoms with Gasteiger partial charge in [-0.3, -0.25) is 0 Å². The quantitative estimate of drug-likeness (QED) is 0.846. The highest BCUT2D eigenvalue weighted by Crippen LogP contribution is 2.24. The Morgan fingerprint density at radius 2 is 1.89 bits per heavy atom. The van der Waals surface area contributed by atoms with Crippen LogP contribution in [0.3, 0.4) is 0 Å². The number of thiophene rings is 1. The van der Waals surface area contributed by atoms with Gasteiger partial charge in [0, 0.05) is 16.6 Å². The molecule has 100 valence electrons. The minimum Gasteiger partial charge on any atom is -0.399 e. The number of rotatable bonds is 4. The zero-order valence-electron chi connectivity index (χ0n) is 10.1. The second kappa shape index (κ2) is 8.38. The van der Waals surface area contributed by atoms with E-state index in [-0.39, 0.29) is 24.8 Å². The van der Waals surface area contributed by atoms with Gasteiger partial charge in [-0.25, -0.2) is 0 Å². The SMILES string of the molecule is CNC(Cc1ccccc1N)c1cccs1.Cl.Cl. The molecule has 2 rings (SSSR count). The first kappa shape index (κ1) is 17.3. The largest absolute Gasteiger partial charge is 0.399 e. The number of hydrogen-bond acceptors (Lipinski definition) is 3. The Balaban J connectivity index is 0.00000144. The number of likely N-dealkylation sites (N-methyl/N-ethyl adjacent to an activating group) is 1. The summed E-state index contributed by atoms with van der Waals surface area (Å²) in [4.78, 5) is 1.35. The number of para-hydroxylation sites is 1. The summed E-state index contributed by atoms with van der Waals surface area (Å²) in [6, 6.07) is 12.6. The molecule has 0 saturated heterocycles. The van der Waals surface area contributed by atoms with Crippen LogP contribution in [-0.4, -0.2) is 7.05 Å². The lowest BCUT2D eigenvalue weighted by atomic mass is 10.0. The van der Waals surface area contributed by atoms with Gasteiger partial charge in [-0.15, -0.1) is 36.2 Å². The summed E-state index contributed by atoms with van der Waals surface area (Å²) in [7, 11) is 1.99. The van der Waals surface area contributed by atoms with Gasteiger partial charge in [0.15, 0.2) is 0 Å². The van der Waals surface area contributed by atoms with Crippen LogP contribution in [0.1, 0.15) is 16.5 Å². The van der Waals surface area contributed by atoms with Gasteiger partial charge in [0.2, 0.25) is 0 Å². The first-order valence-electron chi connectivity index (χ1n) is 5.35. The van der Waals surface area contributed by atoms with Crippen molar-refractivity contribution in [2.75, 3.05) is 12.8 Å². The average molecular weight is 305 g/mol. The van der Waals surface area contributed by atoms with Gasteiger partial charge in [0.1, 0.15) is 0 Å². The molecule has 18 heavy (non-hydrogen) atoms. The third-order valence-corrected chi connectivity index (χ3v) is 3.70. The summed E-state index contributed by atoms with van der Waals surface area (Å²) in [5.41, 5.74) is 8.03. The fourth-order valence-corrected chi connectivity index (χ4v) is 2.61. The van der Waals surface area contributed by atoms with E-state index in [1.807, 2.05) is 25.2 Å². The van der Waals surface area contributed by atoms with Crippen LogP contribution in [0.5, 0.6) is 0 Å². The van der Waals surface area contributed by atoms with Crippen molar-refractivity contribution in [3.8, 4) is 0 Å². The third-order valence-electron chi connectivity index (χ3n) is 2.71. The van der Waals surface area contributed by atoms with E-state index in [9.17, 15) is 0 Å². The Labute approximate surface area is 124 Å². The normalized spacial score (nSPS) is 11.2. The Morgan fingerprint density at radius 1 is 1.17 bits per heavy atom. The number of nitrogens with two attached hydrogens (primary N) is 1. The first-order chi connectivity index (χ1) is 7.81. The number of nitrogen functional groups attached to an aromatic ring is 1. The van der Waals surface area contributed by atoms with Crippen molar-refractivity contribution in [2.24, 2.45) is 0 Å². The maximum absolute atomic E-state index is 5.95. The molecule has 2 nitrogen and oxygen atoms in total. The summed E-state index contributed by atoms with van der Waals surface area (Å²) in [5.74, 6) is 0. The first-order valence-corrected chi connectivity index (χ1v) is 6.23.